The lowest BCUT2D eigenvalue weighted by Crippen LogP contribution is -2.61. The second-order valence-corrected chi connectivity index (χ2v) is 9.54. The molecule has 158 valence electrons. The van der Waals surface area contributed by atoms with E-state index in [1.807, 2.05) is 0 Å². The van der Waals surface area contributed by atoms with Crippen LogP contribution in [-0.2, 0) is 15.6 Å². The number of aliphatic hydroxyl groups is 4. The fraction of sp³-hybridized carbons (Fsp3) is 0.444. The molecule has 10 nitrogen and oxygen atoms in total. The van der Waals surface area contributed by atoms with Crippen LogP contribution >= 0.6 is 0 Å². The van der Waals surface area contributed by atoms with Gasteiger partial charge in [0.2, 0.25) is 0 Å². The molecule has 4 unspecified atom stereocenters. The molecule has 1 aromatic rings. The molecule has 5 N–H and O–H groups in total. The van der Waals surface area contributed by atoms with Crippen LogP contribution in [0.5, 0.6) is 11.5 Å². The number of ether oxygens (including phenoxy) is 1. The lowest BCUT2D eigenvalue weighted by atomic mass is 9.67. The zero-order valence-electron chi connectivity index (χ0n) is 15.7. The number of phenolic OH excluding ortho intramolecular Hbond substituents is 1. The summed E-state index contributed by atoms with van der Waals surface area (Å²) >= 11 is 0. The Bertz CT molecular complexity index is 1070. The summed E-state index contributed by atoms with van der Waals surface area (Å²) in [6.45, 7) is 0.975. The number of ketones is 2. The highest BCUT2D eigenvalue weighted by molar-refractivity contribution is 7.89. The highest BCUT2D eigenvalue weighted by Gasteiger charge is 2.56. The van der Waals surface area contributed by atoms with Crippen molar-refractivity contribution in [2.45, 2.75) is 36.6 Å². The van der Waals surface area contributed by atoms with Crippen molar-refractivity contribution in [3.8, 4) is 11.5 Å². The van der Waals surface area contributed by atoms with E-state index >= 15 is 0 Å². The van der Waals surface area contributed by atoms with Gasteiger partial charge in [0, 0.05) is 34.6 Å². The SMILES string of the molecule is COc1cc(O)c2c(c1CS(C)(=O)=O)C(=O)C1=C(C2=O)C(O)C(O)C(C)(O)C1O. The van der Waals surface area contributed by atoms with Gasteiger partial charge in [-0.1, -0.05) is 0 Å². The van der Waals surface area contributed by atoms with Crippen LogP contribution in [0.1, 0.15) is 33.2 Å². The third-order valence-corrected chi connectivity index (χ3v) is 6.07. The second kappa shape index (κ2) is 6.61. The average molecular weight is 428 g/mol. The van der Waals surface area contributed by atoms with E-state index in [9.17, 15) is 43.5 Å². The van der Waals surface area contributed by atoms with Crippen LogP contribution in [0.4, 0.5) is 0 Å². The van der Waals surface area contributed by atoms with Gasteiger partial charge in [-0.2, -0.15) is 0 Å². The van der Waals surface area contributed by atoms with E-state index in [0.717, 1.165) is 19.2 Å². The Morgan fingerprint density at radius 1 is 1.10 bits per heavy atom. The fourth-order valence-corrected chi connectivity index (χ4v) is 4.58. The minimum absolute atomic E-state index is 0.172. The molecule has 1 aromatic carbocycles. The number of phenols is 1. The van der Waals surface area contributed by atoms with Gasteiger partial charge in [0.15, 0.2) is 21.4 Å². The number of methoxy groups -OCH3 is 1. The molecule has 0 saturated heterocycles. The molecule has 3 rings (SSSR count). The quantitative estimate of drug-likeness (QED) is 0.379. The molecule has 0 spiro atoms. The first-order valence-electron chi connectivity index (χ1n) is 8.44. The van der Waals surface area contributed by atoms with Crippen molar-refractivity contribution in [3.63, 3.8) is 0 Å². The van der Waals surface area contributed by atoms with E-state index in [2.05, 4.69) is 0 Å². The third kappa shape index (κ3) is 3.06. The number of hydrogen-bond acceptors (Lipinski definition) is 10. The molecular weight excluding hydrogens is 408 g/mol. The summed E-state index contributed by atoms with van der Waals surface area (Å²) in [6.07, 6.45) is -5.18. The number of Topliss-reactive ketones (excluding diaryl/α,β-unsaturated/α-hetero) is 2. The molecule has 4 atom stereocenters. The molecule has 11 heteroatoms. The average Bonchev–Trinajstić information content (AvgIpc) is 2.61. The Morgan fingerprint density at radius 2 is 1.66 bits per heavy atom. The van der Waals surface area contributed by atoms with Crippen LogP contribution in [0.15, 0.2) is 17.2 Å². The van der Waals surface area contributed by atoms with Crippen LogP contribution in [0, 0.1) is 0 Å². The standard InChI is InChI=1S/C18H20O10S/c1-18(25)16(23)12-11(15(22)17(18)24)14(21)10-7(19)4-8(28-2)6(5-29(3,26)27)9(10)13(12)20/h4,15-17,19,22-25H,5H2,1-3H3. The summed E-state index contributed by atoms with van der Waals surface area (Å²) in [5.41, 5.74) is -5.00. The zero-order valence-corrected chi connectivity index (χ0v) is 16.5. The predicted molar refractivity (Wildman–Crippen MR) is 97.5 cm³/mol. The third-order valence-electron chi connectivity index (χ3n) is 5.25. The van der Waals surface area contributed by atoms with Crippen LogP contribution in [0.2, 0.25) is 0 Å². The van der Waals surface area contributed by atoms with Gasteiger partial charge in [-0.15, -0.1) is 0 Å². The molecular formula is C18H20O10S. The number of sulfone groups is 1. The first kappa shape index (κ1) is 21.4. The molecule has 0 radical (unpaired) electrons. The number of hydrogen-bond donors (Lipinski definition) is 5. The van der Waals surface area contributed by atoms with Crippen molar-refractivity contribution in [3.05, 3.63) is 33.9 Å². The van der Waals surface area contributed by atoms with Gasteiger partial charge in [0.05, 0.1) is 18.4 Å². The largest absolute Gasteiger partial charge is 0.507 e. The van der Waals surface area contributed by atoms with Crippen molar-refractivity contribution in [1.82, 2.24) is 0 Å². The molecule has 0 saturated carbocycles. The predicted octanol–water partition coefficient (Wildman–Crippen LogP) is -1.53. The summed E-state index contributed by atoms with van der Waals surface area (Å²) in [4.78, 5) is 26.3. The lowest BCUT2D eigenvalue weighted by molar-refractivity contribution is -0.158. The summed E-state index contributed by atoms with van der Waals surface area (Å²) in [7, 11) is -2.55. The Morgan fingerprint density at radius 3 is 2.17 bits per heavy atom. The van der Waals surface area contributed by atoms with Gasteiger partial charge in [-0.25, -0.2) is 8.42 Å². The van der Waals surface area contributed by atoms with Gasteiger partial charge < -0.3 is 30.3 Å². The molecule has 0 bridgehead atoms. The Labute approximate surface area is 165 Å². The van der Waals surface area contributed by atoms with Crippen molar-refractivity contribution < 1.29 is 48.3 Å². The van der Waals surface area contributed by atoms with Gasteiger partial charge in [0.1, 0.15) is 35.4 Å². The minimum atomic E-state index is -3.72. The van der Waals surface area contributed by atoms with Crippen LogP contribution in [0.25, 0.3) is 0 Å². The van der Waals surface area contributed by atoms with E-state index in [4.69, 9.17) is 4.74 Å². The normalized spacial score (nSPS) is 29.6. The number of carbonyl (C=O) groups is 2. The number of aliphatic hydroxyl groups excluding tert-OH is 3. The smallest absolute Gasteiger partial charge is 0.196 e. The Hall–Kier alpha value is -2.31. The van der Waals surface area contributed by atoms with Crippen LogP contribution in [-0.4, -0.2) is 82.8 Å². The van der Waals surface area contributed by atoms with Gasteiger partial charge in [-0.05, 0) is 6.92 Å². The summed E-state index contributed by atoms with van der Waals surface area (Å²) in [6, 6.07) is 0.967. The molecule has 0 heterocycles. The van der Waals surface area contributed by atoms with Crippen molar-refractivity contribution in [1.29, 1.82) is 0 Å². The van der Waals surface area contributed by atoms with Crippen LogP contribution < -0.4 is 4.74 Å². The second-order valence-electron chi connectivity index (χ2n) is 7.40. The molecule has 0 amide bonds. The van der Waals surface area contributed by atoms with E-state index < -0.39 is 79.1 Å². The number of aromatic hydroxyl groups is 1. The van der Waals surface area contributed by atoms with E-state index in [-0.39, 0.29) is 11.3 Å². The highest BCUT2D eigenvalue weighted by atomic mass is 32.2. The first-order valence-corrected chi connectivity index (χ1v) is 10.5. The van der Waals surface area contributed by atoms with Gasteiger partial charge in [-0.3, -0.25) is 9.59 Å². The summed E-state index contributed by atoms with van der Waals surface area (Å²) < 4.78 is 28.8. The first-order chi connectivity index (χ1) is 13.2. The molecule has 0 fully saturated rings. The molecule has 0 aliphatic heterocycles. The topological polar surface area (TPSA) is 179 Å². The maximum Gasteiger partial charge on any atom is 0.196 e. The number of carbonyl (C=O) groups excluding carboxylic acids is 2. The van der Waals surface area contributed by atoms with E-state index in [1.165, 1.54) is 7.11 Å². The van der Waals surface area contributed by atoms with Crippen molar-refractivity contribution in [2.75, 3.05) is 13.4 Å². The Balaban J connectivity index is 2.39. The number of fused-ring (bicyclic) bond motifs is 1. The van der Waals surface area contributed by atoms with Gasteiger partial charge >= 0.3 is 0 Å². The number of benzene rings is 1. The van der Waals surface area contributed by atoms with E-state index in [0.29, 0.717) is 0 Å². The molecule has 29 heavy (non-hydrogen) atoms. The monoisotopic (exact) mass is 428 g/mol. The highest BCUT2D eigenvalue weighted by Crippen LogP contribution is 2.45. The number of rotatable bonds is 3. The fourth-order valence-electron chi connectivity index (χ4n) is 3.76. The zero-order chi connectivity index (χ0) is 22.0. The molecule has 2 aliphatic rings. The maximum atomic E-state index is 13.2. The lowest BCUT2D eigenvalue weighted by Gasteiger charge is -2.44. The summed E-state index contributed by atoms with van der Waals surface area (Å²) in [5, 5.41) is 51.6. The summed E-state index contributed by atoms with van der Waals surface area (Å²) in [5.74, 6) is -3.73. The maximum absolute atomic E-state index is 13.2. The molecule has 2 aliphatic carbocycles. The van der Waals surface area contributed by atoms with Gasteiger partial charge in [0.25, 0.3) is 0 Å². The van der Waals surface area contributed by atoms with Crippen molar-refractivity contribution >= 4 is 21.4 Å². The van der Waals surface area contributed by atoms with Crippen LogP contribution in [0.3, 0.4) is 0 Å². The van der Waals surface area contributed by atoms with E-state index in [1.54, 1.807) is 0 Å². The molecule has 0 aromatic heterocycles. The minimum Gasteiger partial charge on any atom is -0.507 e. The van der Waals surface area contributed by atoms with Crippen molar-refractivity contribution in [2.24, 2.45) is 0 Å². The Kier molecular flexibility index (Phi) is 4.87.